The Kier molecular flexibility index (Phi) is 12.7. The first-order valence-corrected chi connectivity index (χ1v) is 14.2. The average Bonchev–Trinajstić information content (AvgIpc) is 3.38. The fourth-order valence-corrected chi connectivity index (χ4v) is 5.20. The molecule has 0 bridgehead atoms. The minimum atomic E-state index is -1.03. The van der Waals surface area contributed by atoms with Gasteiger partial charge in [0.05, 0.1) is 6.04 Å². The monoisotopic (exact) mass is 545 g/mol. The zero-order valence-electron chi connectivity index (χ0n) is 23.9. The van der Waals surface area contributed by atoms with Crippen molar-refractivity contribution in [1.29, 1.82) is 0 Å². The molecule has 3 unspecified atom stereocenters. The Hall–Kier alpha value is -3.17. The predicted octanol–water partition coefficient (Wildman–Crippen LogP) is 2.74. The summed E-state index contributed by atoms with van der Waals surface area (Å²) >= 11 is 0. The molecule has 3 atom stereocenters. The molecule has 1 heterocycles. The third kappa shape index (κ3) is 10.1. The summed E-state index contributed by atoms with van der Waals surface area (Å²) in [6.07, 6.45) is 10.2. The lowest BCUT2D eigenvalue weighted by Crippen LogP contribution is -2.60. The minimum Gasteiger partial charge on any atom is -0.349 e. The topological polar surface area (TPSA) is 137 Å². The number of nitrogens with zero attached hydrogens (tertiary/aromatic N) is 1. The molecule has 10 nitrogen and oxygen atoms in total. The Bertz CT molecular complexity index is 906. The fourth-order valence-electron chi connectivity index (χ4n) is 5.20. The van der Waals surface area contributed by atoms with Crippen LogP contribution in [0.25, 0.3) is 0 Å². The molecule has 5 amide bonds. The van der Waals surface area contributed by atoms with Crippen LogP contribution < -0.4 is 21.3 Å². The number of carbonyl (C=O) groups excluding carboxylic acids is 5. The van der Waals surface area contributed by atoms with Gasteiger partial charge in [-0.15, -0.1) is 13.2 Å². The molecule has 39 heavy (non-hydrogen) atoms. The summed E-state index contributed by atoms with van der Waals surface area (Å²) in [7, 11) is 0. The zero-order chi connectivity index (χ0) is 29.0. The molecular weight excluding hydrogens is 498 g/mol. The van der Waals surface area contributed by atoms with Crippen LogP contribution in [-0.4, -0.2) is 71.2 Å². The minimum absolute atomic E-state index is 0.0116. The third-order valence-electron chi connectivity index (χ3n) is 7.15. The first kappa shape index (κ1) is 32.0. The van der Waals surface area contributed by atoms with E-state index in [0.29, 0.717) is 32.2 Å². The molecule has 2 fully saturated rings. The van der Waals surface area contributed by atoms with E-state index in [1.54, 1.807) is 12.2 Å². The van der Waals surface area contributed by atoms with E-state index in [-0.39, 0.29) is 24.8 Å². The second-order valence-corrected chi connectivity index (χ2v) is 11.5. The maximum atomic E-state index is 13.9. The van der Waals surface area contributed by atoms with E-state index in [1.165, 1.54) is 4.90 Å². The smallest absolute Gasteiger partial charge is 0.315 e. The van der Waals surface area contributed by atoms with Gasteiger partial charge in [0.15, 0.2) is 0 Å². The Balaban J connectivity index is 2.17. The van der Waals surface area contributed by atoms with Crippen LogP contribution in [0.2, 0.25) is 0 Å². The van der Waals surface area contributed by atoms with Crippen molar-refractivity contribution >= 4 is 29.5 Å². The van der Waals surface area contributed by atoms with Crippen molar-refractivity contribution in [2.45, 2.75) is 109 Å². The van der Waals surface area contributed by atoms with Gasteiger partial charge in [-0.05, 0) is 71.6 Å². The number of hydrogen-bond donors (Lipinski definition) is 4. The molecule has 1 aliphatic carbocycles. The number of carbonyl (C=O) groups is 5. The SMILES string of the molecule is C=CCCNC(=O)C(=O)C(CCC=C)NC(=O)C1CCCN1C(=O)C(NC(=O)NC(C)(C)C)C1CCCCC1. The van der Waals surface area contributed by atoms with Gasteiger partial charge in [0.25, 0.3) is 5.91 Å². The molecule has 218 valence electrons. The van der Waals surface area contributed by atoms with Crippen LogP contribution in [0, 0.1) is 5.92 Å². The molecule has 2 aliphatic rings. The molecular formula is C29H47N5O5. The van der Waals surface area contributed by atoms with Crippen LogP contribution in [0.4, 0.5) is 4.79 Å². The predicted molar refractivity (Wildman–Crippen MR) is 151 cm³/mol. The molecule has 0 aromatic heterocycles. The van der Waals surface area contributed by atoms with E-state index in [1.807, 2.05) is 20.8 Å². The molecule has 10 heteroatoms. The number of hydrogen-bond acceptors (Lipinski definition) is 5. The van der Waals surface area contributed by atoms with Gasteiger partial charge >= 0.3 is 6.03 Å². The van der Waals surface area contributed by atoms with Crippen molar-refractivity contribution < 1.29 is 24.0 Å². The highest BCUT2D eigenvalue weighted by atomic mass is 16.2. The van der Waals surface area contributed by atoms with E-state index < -0.39 is 47.3 Å². The molecule has 4 N–H and O–H groups in total. The van der Waals surface area contributed by atoms with Crippen LogP contribution in [0.3, 0.4) is 0 Å². The second-order valence-electron chi connectivity index (χ2n) is 11.5. The van der Waals surface area contributed by atoms with Crippen LogP contribution in [0.15, 0.2) is 25.3 Å². The number of ketones is 1. The largest absolute Gasteiger partial charge is 0.349 e. The van der Waals surface area contributed by atoms with Gasteiger partial charge in [-0.3, -0.25) is 19.2 Å². The summed E-state index contributed by atoms with van der Waals surface area (Å²) in [5.74, 6) is -2.26. The summed E-state index contributed by atoms with van der Waals surface area (Å²) < 4.78 is 0. The van der Waals surface area contributed by atoms with Gasteiger partial charge in [-0.1, -0.05) is 31.4 Å². The first-order chi connectivity index (χ1) is 18.5. The van der Waals surface area contributed by atoms with Crippen LogP contribution in [0.5, 0.6) is 0 Å². The van der Waals surface area contributed by atoms with Gasteiger partial charge in [0, 0.05) is 18.6 Å². The summed E-state index contributed by atoms with van der Waals surface area (Å²) in [5.41, 5.74) is -0.467. The average molecular weight is 546 g/mol. The van der Waals surface area contributed by atoms with Gasteiger partial charge in [0.2, 0.25) is 17.6 Å². The van der Waals surface area contributed by atoms with Crippen molar-refractivity contribution in [3.63, 3.8) is 0 Å². The molecule has 0 aromatic carbocycles. The number of nitrogens with one attached hydrogen (secondary N) is 4. The lowest BCUT2D eigenvalue weighted by atomic mass is 9.83. The lowest BCUT2D eigenvalue weighted by Gasteiger charge is -2.35. The summed E-state index contributed by atoms with van der Waals surface area (Å²) in [6, 6.07) is -2.96. The van der Waals surface area contributed by atoms with Crippen molar-refractivity contribution in [3.8, 4) is 0 Å². The molecule has 1 saturated heterocycles. The van der Waals surface area contributed by atoms with Crippen molar-refractivity contribution in [3.05, 3.63) is 25.3 Å². The molecule has 2 rings (SSSR count). The Labute approximate surface area is 232 Å². The second kappa shape index (κ2) is 15.4. The number of Topliss-reactive ketones (excluding diaryl/α,β-unsaturated/α-hetero) is 1. The summed E-state index contributed by atoms with van der Waals surface area (Å²) in [5, 5.41) is 11.1. The van der Waals surface area contributed by atoms with Gasteiger partial charge in [0.1, 0.15) is 12.1 Å². The Morgan fingerprint density at radius 1 is 0.923 bits per heavy atom. The molecule has 0 radical (unpaired) electrons. The molecule has 1 aliphatic heterocycles. The summed E-state index contributed by atoms with van der Waals surface area (Å²) in [6.45, 7) is 13.5. The van der Waals surface area contributed by atoms with Crippen LogP contribution >= 0.6 is 0 Å². The lowest BCUT2D eigenvalue weighted by molar-refractivity contribution is -0.143. The Morgan fingerprint density at radius 3 is 2.21 bits per heavy atom. The van der Waals surface area contributed by atoms with Crippen molar-refractivity contribution in [2.75, 3.05) is 13.1 Å². The maximum absolute atomic E-state index is 13.9. The van der Waals surface area contributed by atoms with Crippen LogP contribution in [-0.2, 0) is 19.2 Å². The van der Waals surface area contributed by atoms with Crippen molar-refractivity contribution in [2.24, 2.45) is 5.92 Å². The number of allylic oxidation sites excluding steroid dienone is 1. The highest BCUT2D eigenvalue weighted by Crippen LogP contribution is 2.29. The van der Waals surface area contributed by atoms with Gasteiger partial charge in [-0.2, -0.15) is 0 Å². The van der Waals surface area contributed by atoms with E-state index in [2.05, 4.69) is 34.4 Å². The standard InChI is InChI=1S/C29H47N5O5/c1-6-8-16-21(24(35)26(37)30-18-9-7-2)31-25(36)22-17-13-19-34(22)27(38)23(20-14-11-10-12-15-20)32-28(39)33-29(3,4)5/h6-7,20-23H,1-2,8-19H2,3-5H3,(H,30,37)(H,31,36)(H2,32,33,39). The highest BCUT2D eigenvalue weighted by Gasteiger charge is 2.42. The number of rotatable bonds is 13. The quantitative estimate of drug-likeness (QED) is 0.160. The van der Waals surface area contributed by atoms with E-state index in [4.69, 9.17) is 0 Å². The highest BCUT2D eigenvalue weighted by molar-refractivity contribution is 6.38. The molecule has 0 aromatic rings. The van der Waals surface area contributed by atoms with Gasteiger partial charge < -0.3 is 26.2 Å². The number of amides is 5. The van der Waals surface area contributed by atoms with E-state index in [0.717, 1.165) is 32.1 Å². The number of likely N-dealkylation sites (tertiary alicyclic amines) is 1. The van der Waals surface area contributed by atoms with Crippen molar-refractivity contribution in [1.82, 2.24) is 26.2 Å². The van der Waals surface area contributed by atoms with E-state index >= 15 is 0 Å². The first-order valence-electron chi connectivity index (χ1n) is 14.2. The molecule has 1 saturated carbocycles. The third-order valence-corrected chi connectivity index (χ3v) is 7.15. The zero-order valence-corrected chi connectivity index (χ0v) is 23.9. The number of urea groups is 1. The van der Waals surface area contributed by atoms with Crippen LogP contribution in [0.1, 0.15) is 85.0 Å². The fraction of sp³-hybridized carbons (Fsp3) is 0.690. The molecule has 0 spiro atoms. The van der Waals surface area contributed by atoms with Gasteiger partial charge in [-0.25, -0.2) is 4.79 Å². The Morgan fingerprint density at radius 2 is 1.59 bits per heavy atom. The normalized spacial score (nSPS) is 19.4. The maximum Gasteiger partial charge on any atom is 0.315 e. The van der Waals surface area contributed by atoms with E-state index in [9.17, 15) is 24.0 Å². The summed E-state index contributed by atoms with van der Waals surface area (Å²) in [4.78, 5) is 66.8.